The van der Waals surface area contributed by atoms with Crippen LogP contribution in [0.5, 0.6) is 0 Å². The van der Waals surface area contributed by atoms with Crippen molar-refractivity contribution in [3.05, 3.63) is 17.5 Å². The SMILES string of the molecule is CCOC(=O)C(F)(F)C(O)c1cn(C)nc1C. The summed E-state index contributed by atoms with van der Waals surface area (Å²) in [5.74, 6) is -5.72. The summed E-state index contributed by atoms with van der Waals surface area (Å²) in [6, 6.07) is 0. The van der Waals surface area contributed by atoms with Gasteiger partial charge in [0.15, 0.2) is 6.10 Å². The zero-order chi connectivity index (χ0) is 13.2. The Morgan fingerprint density at radius 1 is 1.71 bits per heavy atom. The summed E-state index contributed by atoms with van der Waals surface area (Å²) in [7, 11) is 1.53. The Morgan fingerprint density at radius 2 is 2.29 bits per heavy atom. The molecule has 1 atom stereocenters. The van der Waals surface area contributed by atoms with Crippen LogP contribution in [-0.4, -0.2) is 33.4 Å². The van der Waals surface area contributed by atoms with Crippen molar-refractivity contribution in [1.82, 2.24) is 9.78 Å². The van der Waals surface area contributed by atoms with E-state index < -0.39 is 18.0 Å². The molecule has 1 N–H and O–H groups in total. The molecule has 0 amide bonds. The van der Waals surface area contributed by atoms with Crippen LogP contribution in [0.15, 0.2) is 6.20 Å². The van der Waals surface area contributed by atoms with Crippen LogP contribution in [-0.2, 0) is 16.6 Å². The number of ether oxygens (including phenoxy) is 1. The highest BCUT2D eigenvalue weighted by Gasteiger charge is 2.49. The van der Waals surface area contributed by atoms with E-state index >= 15 is 0 Å². The van der Waals surface area contributed by atoms with Crippen molar-refractivity contribution in [1.29, 1.82) is 0 Å². The van der Waals surface area contributed by atoms with Gasteiger partial charge >= 0.3 is 11.9 Å². The van der Waals surface area contributed by atoms with Crippen LogP contribution in [0.4, 0.5) is 8.78 Å². The predicted molar refractivity (Wildman–Crippen MR) is 54.5 cm³/mol. The molecule has 0 spiro atoms. The van der Waals surface area contributed by atoms with E-state index in [1.807, 2.05) is 0 Å². The molecular formula is C10H14F2N2O3. The van der Waals surface area contributed by atoms with Crippen LogP contribution in [0.2, 0.25) is 0 Å². The van der Waals surface area contributed by atoms with Crippen molar-refractivity contribution >= 4 is 5.97 Å². The van der Waals surface area contributed by atoms with Crippen LogP contribution in [0.25, 0.3) is 0 Å². The fourth-order valence-corrected chi connectivity index (χ4v) is 1.42. The third-order valence-corrected chi connectivity index (χ3v) is 2.24. The third kappa shape index (κ3) is 2.60. The zero-order valence-corrected chi connectivity index (χ0v) is 9.78. The molecular weight excluding hydrogens is 234 g/mol. The Bertz CT molecular complexity index is 418. The molecule has 96 valence electrons. The number of hydrogen-bond acceptors (Lipinski definition) is 4. The lowest BCUT2D eigenvalue weighted by Crippen LogP contribution is -2.37. The summed E-state index contributed by atoms with van der Waals surface area (Å²) in [4.78, 5) is 11.0. The number of esters is 1. The minimum Gasteiger partial charge on any atom is -0.461 e. The summed E-state index contributed by atoms with van der Waals surface area (Å²) in [6.07, 6.45) is -1.01. The molecule has 1 unspecified atom stereocenters. The van der Waals surface area contributed by atoms with Gasteiger partial charge in [0.25, 0.3) is 0 Å². The molecule has 0 saturated heterocycles. The molecule has 0 fully saturated rings. The van der Waals surface area contributed by atoms with Crippen molar-refractivity contribution in [2.45, 2.75) is 25.9 Å². The summed E-state index contributed by atoms with van der Waals surface area (Å²) >= 11 is 0. The maximum absolute atomic E-state index is 13.5. The molecule has 0 bridgehead atoms. The second-order valence-electron chi connectivity index (χ2n) is 3.59. The van der Waals surface area contributed by atoms with E-state index in [-0.39, 0.29) is 17.9 Å². The van der Waals surface area contributed by atoms with Crippen LogP contribution < -0.4 is 0 Å². The fraction of sp³-hybridized carbons (Fsp3) is 0.600. The van der Waals surface area contributed by atoms with Crippen molar-refractivity contribution < 1.29 is 23.4 Å². The molecule has 1 aromatic rings. The lowest BCUT2D eigenvalue weighted by Gasteiger charge is -2.20. The monoisotopic (exact) mass is 248 g/mol. The standard InChI is InChI=1S/C10H14F2N2O3/c1-4-17-9(16)10(11,12)8(15)7-5-14(3)13-6(7)2/h5,8,15H,4H2,1-3H3. The van der Waals surface area contributed by atoms with Crippen molar-refractivity contribution in [3.8, 4) is 0 Å². The lowest BCUT2D eigenvalue weighted by molar-refractivity contribution is -0.189. The largest absolute Gasteiger partial charge is 0.461 e. The number of nitrogens with zero attached hydrogens (tertiary/aromatic N) is 2. The van der Waals surface area contributed by atoms with Crippen LogP contribution in [0.3, 0.4) is 0 Å². The van der Waals surface area contributed by atoms with Gasteiger partial charge in [0, 0.05) is 18.8 Å². The lowest BCUT2D eigenvalue weighted by atomic mass is 10.0. The minimum atomic E-state index is -3.98. The Hall–Kier alpha value is -1.50. The second kappa shape index (κ2) is 4.79. The smallest absolute Gasteiger partial charge is 0.380 e. The summed E-state index contributed by atoms with van der Waals surface area (Å²) in [6.45, 7) is 2.71. The number of aliphatic hydroxyl groups is 1. The van der Waals surface area contributed by atoms with Crippen molar-refractivity contribution in [2.24, 2.45) is 7.05 Å². The Balaban J connectivity index is 2.99. The highest BCUT2D eigenvalue weighted by atomic mass is 19.3. The Labute approximate surface area is 97.0 Å². The van der Waals surface area contributed by atoms with Gasteiger partial charge in [0.2, 0.25) is 0 Å². The quantitative estimate of drug-likeness (QED) is 0.806. The molecule has 0 aliphatic heterocycles. The highest BCUT2D eigenvalue weighted by Crippen LogP contribution is 2.33. The number of carbonyl (C=O) groups is 1. The highest BCUT2D eigenvalue weighted by molar-refractivity contribution is 5.78. The molecule has 17 heavy (non-hydrogen) atoms. The molecule has 0 aliphatic carbocycles. The van der Waals surface area contributed by atoms with Gasteiger partial charge in [-0.15, -0.1) is 0 Å². The van der Waals surface area contributed by atoms with Gasteiger partial charge in [-0.05, 0) is 13.8 Å². The van der Waals surface area contributed by atoms with Gasteiger partial charge in [-0.3, -0.25) is 4.68 Å². The van der Waals surface area contributed by atoms with E-state index in [1.54, 1.807) is 0 Å². The van der Waals surface area contributed by atoms with Gasteiger partial charge in [0.05, 0.1) is 12.3 Å². The summed E-state index contributed by atoms with van der Waals surface area (Å²) in [5.41, 5.74) is 0.148. The molecule has 0 radical (unpaired) electrons. The van der Waals surface area contributed by atoms with E-state index in [4.69, 9.17) is 0 Å². The van der Waals surface area contributed by atoms with Gasteiger partial charge in [0.1, 0.15) is 0 Å². The van der Waals surface area contributed by atoms with Gasteiger partial charge in [-0.2, -0.15) is 13.9 Å². The number of rotatable bonds is 4. The van der Waals surface area contributed by atoms with E-state index in [9.17, 15) is 18.7 Å². The number of aliphatic hydroxyl groups excluding tert-OH is 1. The van der Waals surface area contributed by atoms with Gasteiger partial charge in [-0.25, -0.2) is 4.79 Å². The van der Waals surface area contributed by atoms with Crippen LogP contribution in [0, 0.1) is 6.92 Å². The minimum absolute atomic E-state index is 0.0921. The summed E-state index contributed by atoms with van der Waals surface area (Å²) < 4.78 is 32.5. The first-order chi connectivity index (χ1) is 7.80. The van der Waals surface area contributed by atoms with Crippen LogP contribution in [0.1, 0.15) is 24.3 Å². The first-order valence-electron chi connectivity index (χ1n) is 5.04. The molecule has 1 heterocycles. The number of aryl methyl sites for hydroxylation is 2. The van der Waals surface area contributed by atoms with E-state index in [2.05, 4.69) is 9.84 Å². The van der Waals surface area contributed by atoms with E-state index in [0.717, 1.165) is 0 Å². The Kier molecular flexibility index (Phi) is 3.82. The fourth-order valence-electron chi connectivity index (χ4n) is 1.42. The second-order valence-corrected chi connectivity index (χ2v) is 3.59. The maximum Gasteiger partial charge on any atom is 0.380 e. The molecule has 5 nitrogen and oxygen atoms in total. The number of halogens is 2. The molecule has 0 saturated carbocycles. The zero-order valence-electron chi connectivity index (χ0n) is 9.78. The maximum atomic E-state index is 13.5. The molecule has 0 aliphatic rings. The van der Waals surface area contributed by atoms with Gasteiger partial charge < -0.3 is 9.84 Å². The first-order valence-corrected chi connectivity index (χ1v) is 5.04. The molecule has 1 aromatic heterocycles. The average Bonchev–Trinajstić information content (AvgIpc) is 2.56. The average molecular weight is 248 g/mol. The van der Waals surface area contributed by atoms with E-state index in [1.165, 1.54) is 31.8 Å². The molecule has 0 aromatic carbocycles. The topological polar surface area (TPSA) is 64.3 Å². The van der Waals surface area contributed by atoms with Gasteiger partial charge in [-0.1, -0.05) is 0 Å². The number of alkyl halides is 2. The Morgan fingerprint density at radius 3 is 2.71 bits per heavy atom. The van der Waals surface area contributed by atoms with Crippen molar-refractivity contribution in [3.63, 3.8) is 0 Å². The van der Waals surface area contributed by atoms with Crippen LogP contribution >= 0.6 is 0 Å². The molecule has 7 heteroatoms. The number of aromatic nitrogens is 2. The first kappa shape index (κ1) is 13.6. The number of hydrogen-bond donors (Lipinski definition) is 1. The third-order valence-electron chi connectivity index (χ3n) is 2.24. The number of carbonyl (C=O) groups excluding carboxylic acids is 1. The van der Waals surface area contributed by atoms with Crippen molar-refractivity contribution in [2.75, 3.05) is 6.61 Å². The normalized spacial score (nSPS) is 13.5. The van der Waals surface area contributed by atoms with E-state index in [0.29, 0.717) is 0 Å². The molecule has 1 rings (SSSR count). The summed E-state index contributed by atoms with van der Waals surface area (Å²) in [5, 5.41) is 13.4. The predicted octanol–water partition coefficient (Wildman–Crippen LogP) is 0.960.